The highest BCUT2D eigenvalue weighted by Crippen LogP contribution is 2.66. The van der Waals surface area contributed by atoms with E-state index >= 15 is 0 Å². The van der Waals surface area contributed by atoms with Crippen LogP contribution in [0.1, 0.15) is 72.1 Å². The van der Waals surface area contributed by atoms with E-state index in [4.69, 9.17) is 0 Å². The Labute approximate surface area is 135 Å². The van der Waals surface area contributed by atoms with Crippen LogP contribution in [0.4, 0.5) is 0 Å². The van der Waals surface area contributed by atoms with Crippen LogP contribution >= 0.6 is 0 Å². The maximum Gasteiger partial charge on any atom is 0.133 e. The van der Waals surface area contributed by atoms with Gasteiger partial charge in [0, 0.05) is 5.92 Å². The Morgan fingerprint density at radius 3 is 2.45 bits per heavy atom. The van der Waals surface area contributed by atoms with Crippen molar-refractivity contribution in [3.05, 3.63) is 0 Å². The molecule has 0 amide bonds. The summed E-state index contributed by atoms with van der Waals surface area (Å²) in [5.41, 5.74) is -0.140. The third-order valence-electron chi connectivity index (χ3n) is 8.43. The third-order valence-corrected chi connectivity index (χ3v) is 8.43. The Morgan fingerprint density at radius 1 is 1.00 bits per heavy atom. The fourth-order valence-electron chi connectivity index (χ4n) is 7.56. The zero-order valence-corrected chi connectivity index (χ0v) is 14.5. The molecule has 0 spiro atoms. The van der Waals surface area contributed by atoms with Gasteiger partial charge in [-0.2, -0.15) is 0 Å². The van der Waals surface area contributed by atoms with Crippen molar-refractivity contribution in [1.29, 1.82) is 0 Å². The summed E-state index contributed by atoms with van der Waals surface area (Å²) in [6, 6.07) is 0. The number of Topliss-reactive ketones (excluding diaryl/α,β-unsaturated/α-hetero) is 1. The van der Waals surface area contributed by atoms with Crippen molar-refractivity contribution in [2.75, 3.05) is 0 Å². The van der Waals surface area contributed by atoms with Gasteiger partial charge in [-0.25, -0.2) is 0 Å². The van der Waals surface area contributed by atoms with Crippen molar-refractivity contribution in [1.82, 2.24) is 0 Å². The summed E-state index contributed by atoms with van der Waals surface area (Å²) in [6.45, 7) is 6.28. The smallest absolute Gasteiger partial charge is 0.133 e. The van der Waals surface area contributed by atoms with Crippen molar-refractivity contribution in [3.63, 3.8) is 0 Å². The van der Waals surface area contributed by atoms with Gasteiger partial charge >= 0.3 is 0 Å². The highest BCUT2D eigenvalue weighted by Gasteiger charge is 2.60. The van der Waals surface area contributed by atoms with E-state index in [-0.39, 0.29) is 5.41 Å². The molecule has 0 radical (unpaired) electrons. The second-order valence-corrected chi connectivity index (χ2v) is 9.62. The molecule has 0 aromatic carbocycles. The van der Waals surface area contributed by atoms with Gasteiger partial charge in [-0.05, 0) is 100 Å². The molecule has 4 rings (SSSR count). The Balaban J connectivity index is 1.59. The number of fused-ring (bicyclic) bond motifs is 5. The second-order valence-electron chi connectivity index (χ2n) is 9.62. The monoisotopic (exact) mass is 304 g/mol. The van der Waals surface area contributed by atoms with Crippen LogP contribution in [0.2, 0.25) is 0 Å². The molecule has 2 heteroatoms. The van der Waals surface area contributed by atoms with Gasteiger partial charge in [-0.1, -0.05) is 6.92 Å². The zero-order chi connectivity index (χ0) is 15.7. The molecule has 0 heterocycles. The van der Waals surface area contributed by atoms with E-state index in [1.54, 1.807) is 0 Å². The molecule has 4 fully saturated rings. The average molecular weight is 304 g/mol. The predicted octanol–water partition coefficient (Wildman–Crippen LogP) is 4.21. The third kappa shape index (κ3) is 2.05. The van der Waals surface area contributed by atoms with E-state index in [9.17, 15) is 9.90 Å². The Kier molecular flexibility index (Phi) is 3.32. The molecule has 0 aliphatic heterocycles. The Morgan fingerprint density at radius 2 is 1.73 bits per heavy atom. The minimum Gasteiger partial charge on any atom is -0.390 e. The van der Waals surface area contributed by atoms with Gasteiger partial charge in [0.1, 0.15) is 5.78 Å². The molecule has 2 nitrogen and oxygen atoms in total. The number of carbonyl (C=O) groups is 1. The topological polar surface area (TPSA) is 37.3 Å². The zero-order valence-electron chi connectivity index (χ0n) is 14.5. The fraction of sp³-hybridized carbons (Fsp3) is 0.950. The lowest BCUT2D eigenvalue weighted by atomic mass is 9.57. The highest BCUT2D eigenvalue weighted by molar-refractivity contribution is 5.79. The molecule has 4 saturated carbocycles. The van der Waals surface area contributed by atoms with Crippen LogP contribution in [0.3, 0.4) is 0 Å². The molecule has 0 unspecified atom stereocenters. The van der Waals surface area contributed by atoms with E-state index < -0.39 is 5.60 Å². The second kappa shape index (κ2) is 4.82. The average Bonchev–Trinajstić information content (AvgIpc) is 2.93. The summed E-state index contributed by atoms with van der Waals surface area (Å²) in [4.78, 5) is 12.1. The van der Waals surface area contributed by atoms with Crippen LogP contribution in [0.5, 0.6) is 0 Å². The van der Waals surface area contributed by atoms with Crippen molar-refractivity contribution in [2.45, 2.75) is 77.7 Å². The van der Waals surface area contributed by atoms with Crippen molar-refractivity contribution in [3.8, 4) is 0 Å². The van der Waals surface area contributed by atoms with Gasteiger partial charge in [0.15, 0.2) is 0 Å². The first kappa shape index (κ1) is 15.2. The van der Waals surface area contributed by atoms with Crippen LogP contribution in [0, 0.1) is 40.9 Å². The van der Waals surface area contributed by atoms with Crippen LogP contribution in [0.15, 0.2) is 0 Å². The first-order valence-corrected chi connectivity index (χ1v) is 9.55. The van der Waals surface area contributed by atoms with Crippen LogP contribution in [-0.4, -0.2) is 16.5 Å². The minimum atomic E-state index is -0.421. The fourth-order valence-corrected chi connectivity index (χ4v) is 7.56. The number of hydrogen-bond acceptors (Lipinski definition) is 2. The van der Waals surface area contributed by atoms with Gasteiger partial charge in [-0.15, -0.1) is 0 Å². The van der Waals surface area contributed by atoms with Gasteiger partial charge in [0.05, 0.1) is 5.60 Å². The molecule has 22 heavy (non-hydrogen) atoms. The molecule has 1 N–H and O–H groups in total. The number of rotatable bonds is 1. The van der Waals surface area contributed by atoms with E-state index in [0.29, 0.717) is 11.7 Å². The van der Waals surface area contributed by atoms with Crippen LogP contribution in [-0.2, 0) is 4.79 Å². The molecule has 8 atom stereocenters. The number of ketones is 1. The number of aliphatic hydroxyl groups is 1. The van der Waals surface area contributed by atoms with Crippen LogP contribution < -0.4 is 0 Å². The number of hydrogen-bond donors (Lipinski definition) is 1. The van der Waals surface area contributed by atoms with Crippen molar-refractivity contribution < 1.29 is 9.90 Å². The summed E-state index contributed by atoms with van der Waals surface area (Å²) in [7, 11) is 0. The molecule has 0 aromatic rings. The quantitative estimate of drug-likeness (QED) is 0.788. The number of carbonyl (C=O) groups excluding carboxylic acids is 1. The molecular weight excluding hydrogens is 272 g/mol. The molecule has 0 aromatic heterocycles. The van der Waals surface area contributed by atoms with Crippen molar-refractivity contribution in [2.24, 2.45) is 40.9 Å². The molecular formula is C20H32O2. The maximum absolute atomic E-state index is 12.1. The van der Waals surface area contributed by atoms with Crippen LogP contribution in [0.25, 0.3) is 0 Å². The van der Waals surface area contributed by atoms with Gasteiger partial charge in [0.25, 0.3) is 0 Å². The lowest BCUT2D eigenvalue weighted by Crippen LogP contribution is -2.42. The van der Waals surface area contributed by atoms with Gasteiger partial charge in [0.2, 0.25) is 0 Å². The highest BCUT2D eigenvalue weighted by atomic mass is 16.3. The van der Waals surface area contributed by atoms with E-state index in [1.165, 1.54) is 32.1 Å². The normalized spacial score (nSPS) is 57.1. The van der Waals surface area contributed by atoms with Crippen molar-refractivity contribution >= 4 is 5.78 Å². The lowest BCUT2D eigenvalue weighted by Gasteiger charge is -2.47. The van der Waals surface area contributed by atoms with Gasteiger partial charge < -0.3 is 5.11 Å². The first-order valence-electron chi connectivity index (χ1n) is 9.55. The first-order chi connectivity index (χ1) is 10.3. The molecule has 4 aliphatic carbocycles. The maximum atomic E-state index is 12.1. The summed E-state index contributed by atoms with van der Waals surface area (Å²) < 4.78 is 0. The van der Waals surface area contributed by atoms with Gasteiger partial charge in [-0.3, -0.25) is 4.79 Å². The minimum absolute atomic E-state index is 0.281. The summed E-state index contributed by atoms with van der Waals surface area (Å²) in [5.74, 6) is 4.88. The molecule has 0 saturated heterocycles. The SMILES string of the molecule is CC(=O)[C@H]1CC[C@H]2[C@@H]3C[C@H]4C[C@](C)(O)CC[C@@H]4[C@H]3CC[C@]12C. The largest absolute Gasteiger partial charge is 0.390 e. The Bertz CT molecular complexity index is 482. The lowest BCUT2D eigenvalue weighted by molar-refractivity contribution is -0.126. The molecule has 0 bridgehead atoms. The van der Waals surface area contributed by atoms with E-state index in [0.717, 1.165) is 48.9 Å². The standard InChI is InChI=1S/C20H32O2/c1-12(21)17-4-5-18-16-10-13-11-19(2,22)8-6-14(13)15(16)7-9-20(17,18)3/h13-18,22H,4-11H2,1-3H3/t13-,14-,15+,16+,17+,18-,19+,20+/m0/s1. The molecule has 4 aliphatic rings. The Hall–Kier alpha value is -0.370. The predicted molar refractivity (Wildman–Crippen MR) is 87.3 cm³/mol. The van der Waals surface area contributed by atoms with E-state index in [1.807, 2.05) is 13.8 Å². The molecule has 124 valence electrons. The summed E-state index contributed by atoms with van der Waals surface area (Å²) in [5, 5.41) is 10.5. The summed E-state index contributed by atoms with van der Waals surface area (Å²) >= 11 is 0. The van der Waals surface area contributed by atoms with E-state index in [2.05, 4.69) is 6.92 Å². The summed E-state index contributed by atoms with van der Waals surface area (Å²) in [6.07, 6.45) is 9.59.